The molecule has 0 heterocycles. The Balaban J connectivity index is 2.82. The van der Waals surface area contributed by atoms with E-state index in [1.165, 1.54) is 6.21 Å². The van der Waals surface area contributed by atoms with Crippen LogP contribution in [0.1, 0.15) is 12.5 Å². The van der Waals surface area contributed by atoms with Crippen molar-refractivity contribution in [3.63, 3.8) is 0 Å². The smallest absolute Gasteiger partial charge is 0.329 e. The normalized spacial score (nSPS) is 10.2. The second-order valence-corrected chi connectivity index (χ2v) is 3.96. The molecule has 9 heteroatoms. The van der Waals surface area contributed by atoms with Gasteiger partial charge in [-0.25, -0.2) is 5.43 Å². The molecule has 0 aliphatic carbocycles. The molecular weight excluding hydrogens is 292 g/mol. The number of benzene rings is 1. The number of hydrogen-bond donors (Lipinski definition) is 3. The molecule has 0 aliphatic rings. The quantitative estimate of drug-likeness (QED) is 0.332. The van der Waals surface area contributed by atoms with Crippen molar-refractivity contribution in [2.45, 2.75) is 6.92 Å². The number of nitrogens with one attached hydrogen (secondary N) is 1. The number of hydrogen-bond acceptors (Lipinski definition) is 6. The molecule has 0 bridgehead atoms. The van der Waals surface area contributed by atoms with Crippen molar-refractivity contribution < 1.29 is 23.9 Å². The van der Waals surface area contributed by atoms with Crippen molar-refractivity contribution in [2.24, 2.45) is 16.6 Å². The molecule has 0 fully saturated rings. The van der Waals surface area contributed by atoms with Crippen LogP contribution in [-0.2, 0) is 14.4 Å². The number of primary amides is 2. The molecular formula is C13H16N4O5. The Bertz CT molecular complexity index is 600. The molecule has 1 aromatic rings. The molecule has 1 rings (SSSR count). The van der Waals surface area contributed by atoms with E-state index in [0.717, 1.165) is 0 Å². The van der Waals surface area contributed by atoms with Gasteiger partial charge in [-0.15, -0.1) is 0 Å². The molecule has 0 radical (unpaired) electrons. The summed E-state index contributed by atoms with van der Waals surface area (Å²) in [4.78, 5) is 32.2. The summed E-state index contributed by atoms with van der Waals surface area (Å²) in [5.74, 6) is -2.04. The van der Waals surface area contributed by atoms with Crippen LogP contribution >= 0.6 is 0 Å². The number of amides is 3. The number of carbonyl (C=O) groups excluding carboxylic acids is 3. The van der Waals surface area contributed by atoms with Crippen LogP contribution in [0.4, 0.5) is 0 Å². The van der Waals surface area contributed by atoms with Crippen LogP contribution in [0.5, 0.6) is 11.5 Å². The lowest BCUT2D eigenvalue weighted by molar-refractivity contribution is -0.137. The predicted octanol–water partition coefficient (Wildman–Crippen LogP) is -1.12. The monoisotopic (exact) mass is 308 g/mol. The summed E-state index contributed by atoms with van der Waals surface area (Å²) in [6.45, 7) is 1.89. The molecule has 22 heavy (non-hydrogen) atoms. The van der Waals surface area contributed by atoms with Crippen LogP contribution < -0.4 is 26.4 Å². The Kier molecular flexibility index (Phi) is 6.35. The zero-order valence-electron chi connectivity index (χ0n) is 11.9. The molecule has 5 N–H and O–H groups in total. The summed E-state index contributed by atoms with van der Waals surface area (Å²) < 4.78 is 10.6. The van der Waals surface area contributed by atoms with E-state index >= 15 is 0 Å². The highest BCUT2D eigenvalue weighted by atomic mass is 16.5. The van der Waals surface area contributed by atoms with Gasteiger partial charge in [0.15, 0.2) is 18.1 Å². The van der Waals surface area contributed by atoms with Gasteiger partial charge in [-0.2, -0.15) is 5.10 Å². The van der Waals surface area contributed by atoms with Gasteiger partial charge in [0.1, 0.15) is 0 Å². The van der Waals surface area contributed by atoms with Crippen LogP contribution in [0.3, 0.4) is 0 Å². The average molecular weight is 308 g/mol. The number of hydrazone groups is 1. The Morgan fingerprint density at radius 2 is 1.95 bits per heavy atom. The molecule has 0 spiro atoms. The van der Waals surface area contributed by atoms with Gasteiger partial charge < -0.3 is 20.9 Å². The van der Waals surface area contributed by atoms with Crippen molar-refractivity contribution in [3.05, 3.63) is 23.8 Å². The van der Waals surface area contributed by atoms with Gasteiger partial charge in [0, 0.05) is 0 Å². The molecule has 0 aromatic heterocycles. The minimum absolute atomic E-state index is 0.276. The topological polar surface area (TPSA) is 146 Å². The highest BCUT2D eigenvalue weighted by Gasteiger charge is 2.08. The van der Waals surface area contributed by atoms with Crippen molar-refractivity contribution in [1.82, 2.24) is 5.43 Å². The van der Waals surface area contributed by atoms with Crippen LogP contribution in [0.25, 0.3) is 0 Å². The standard InChI is InChI=1S/C13H16N4O5/c1-2-21-10-5-8(6-16-17-13(20)12(15)19)3-4-9(10)22-7-11(14)18/h3-6H,2,7H2,1H3,(H2,14,18)(H2,15,19)(H,17,20)/b16-6-. The van der Waals surface area contributed by atoms with Gasteiger partial charge >= 0.3 is 11.8 Å². The number of nitrogens with zero attached hydrogens (tertiary/aromatic N) is 1. The molecule has 3 amide bonds. The molecule has 0 saturated heterocycles. The van der Waals surface area contributed by atoms with E-state index in [9.17, 15) is 14.4 Å². The van der Waals surface area contributed by atoms with Crippen LogP contribution in [0.2, 0.25) is 0 Å². The lowest BCUT2D eigenvalue weighted by atomic mass is 10.2. The highest BCUT2D eigenvalue weighted by molar-refractivity contribution is 6.34. The zero-order chi connectivity index (χ0) is 16.5. The van der Waals surface area contributed by atoms with Crippen molar-refractivity contribution >= 4 is 23.9 Å². The van der Waals surface area contributed by atoms with E-state index < -0.39 is 17.7 Å². The minimum Gasteiger partial charge on any atom is -0.490 e. The van der Waals surface area contributed by atoms with Crippen molar-refractivity contribution in [2.75, 3.05) is 13.2 Å². The Morgan fingerprint density at radius 1 is 1.23 bits per heavy atom. The van der Waals surface area contributed by atoms with Crippen LogP contribution in [0, 0.1) is 0 Å². The van der Waals surface area contributed by atoms with E-state index in [1.807, 2.05) is 5.43 Å². The largest absolute Gasteiger partial charge is 0.490 e. The molecule has 0 unspecified atom stereocenters. The lowest BCUT2D eigenvalue weighted by Crippen LogP contribution is -2.32. The molecule has 0 saturated carbocycles. The molecule has 1 aromatic carbocycles. The number of ether oxygens (including phenoxy) is 2. The van der Waals surface area contributed by atoms with Crippen molar-refractivity contribution in [3.8, 4) is 11.5 Å². The fraction of sp³-hybridized carbons (Fsp3) is 0.231. The Hall–Kier alpha value is -3.10. The van der Waals surface area contributed by atoms with Gasteiger partial charge in [0.25, 0.3) is 5.91 Å². The van der Waals surface area contributed by atoms with Gasteiger partial charge in [-0.05, 0) is 30.7 Å². The third-order valence-electron chi connectivity index (χ3n) is 2.24. The maximum absolute atomic E-state index is 10.9. The summed E-state index contributed by atoms with van der Waals surface area (Å²) >= 11 is 0. The zero-order valence-corrected chi connectivity index (χ0v) is 11.9. The van der Waals surface area contributed by atoms with Crippen molar-refractivity contribution in [1.29, 1.82) is 0 Å². The summed E-state index contributed by atoms with van der Waals surface area (Å²) in [6.07, 6.45) is 1.29. The first-order chi connectivity index (χ1) is 10.4. The first-order valence-corrected chi connectivity index (χ1v) is 6.24. The van der Waals surface area contributed by atoms with Gasteiger partial charge in [0.2, 0.25) is 0 Å². The minimum atomic E-state index is -1.14. The van der Waals surface area contributed by atoms with Gasteiger partial charge in [-0.3, -0.25) is 14.4 Å². The maximum atomic E-state index is 10.9. The maximum Gasteiger partial charge on any atom is 0.329 e. The highest BCUT2D eigenvalue weighted by Crippen LogP contribution is 2.27. The predicted molar refractivity (Wildman–Crippen MR) is 77.2 cm³/mol. The first-order valence-electron chi connectivity index (χ1n) is 6.24. The molecule has 9 nitrogen and oxygen atoms in total. The van der Waals surface area contributed by atoms with Gasteiger partial charge in [0.05, 0.1) is 12.8 Å². The summed E-state index contributed by atoms with van der Waals surface area (Å²) in [5.41, 5.74) is 12.3. The molecule has 118 valence electrons. The van der Waals surface area contributed by atoms with E-state index in [4.69, 9.17) is 20.9 Å². The first kappa shape index (κ1) is 17.0. The molecule has 0 atom stereocenters. The Labute approximate surface area is 126 Å². The summed E-state index contributed by atoms with van der Waals surface area (Å²) in [5, 5.41) is 3.57. The number of rotatable bonds is 7. The average Bonchev–Trinajstić information content (AvgIpc) is 2.46. The number of carbonyl (C=O) groups is 3. The molecule has 0 aliphatic heterocycles. The van der Waals surface area contributed by atoms with E-state index in [-0.39, 0.29) is 6.61 Å². The SMILES string of the molecule is CCOc1cc(/C=N\NC(=O)C(N)=O)ccc1OCC(N)=O. The summed E-state index contributed by atoms with van der Waals surface area (Å²) in [6, 6.07) is 4.75. The van der Waals surface area contributed by atoms with Crippen LogP contribution in [0.15, 0.2) is 23.3 Å². The number of nitrogens with two attached hydrogens (primary N) is 2. The van der Waals surface area contributed by atoms with E-state index in [0.29, 0.717) is 23.7 Å². The van der Waals surface area contributed by atoms with E-state index in [1.54, 1.807) is 25.1 Å². The third-order valence-corrected chi connectivity index (χ3v) is 2.24. The fourth-order valence-electron chi connectivity index (χ4n) is 1.36. The fourth-order valence-corrected chi connectivity index (χ4v) is 1.36. The Morgan fingerprint density at radius 3 is 2.55 bits per heavy atom. The lowest BCUT2D eigenvalue weighted by Gasteiger charge is -2.11. The summed E-state index contributed by atoms with van der Waals surface area (Å²) in [7, 11) is 0. The second kappa shape index (κ2) is 8.25. The second-order valence-electron chi connectivity index (χ2n) is 3.96. The van der Waals surface area contributed by atoms with Crippen LogP contribution in [-0.4, -0.2) is 37.1 Å². The third kappa shape index (κ3) is 5.49. The van der Waals surface area contributed by atoms with Gasteiger partial charge in [-0.1, -0.05) is 0 Å². The van der Waals surface area contributed by atoms with E-state index in [2.05, 4.69) is 5.10 Å².